The zero-order chi connectivity index (χ0) is 30.1. The van der Waals surface area contributed by atoms with Gasteiger partial charge in [0.15, 0.2) is 0 Å². The van der Waals surface area contributed by atoms with Crippen molar-refractivity contribution in [3.8, 4) is 5.75 Å². The van der Waals surface area contributed by atoms with E-state index in [-0.39, 0.29) is 17.9 Å². The summed E-state index contributed by atoms with van der Waals surface area (Å²) in [6, 6.07) is 24.7. The number of carbonyl (C=O) groups is 2. The number of primary amides is 1. The Labute approximate surface area is 255 Å². The van der Waals surface area contributed by atoms with E-state index in [1.54, 1.807) is 7.11 Å². The molecule has 3 aromatic carbocycles. The molecular weight excluding hydrogens is 536 g/mol. The quantitative estimate of drug-likeness (QED) is 0.379. The van der Waals surface area contributed by atoms with Crippen molar-refractivity contribution in [2.75, 3.05) is 44.7 Å². The highest BCUT2D eigenvalue weighted by Crippen LogP contribution is 2.53. The minimum atomic E-state index is -0.384. The number of methoxy groups -OCH3 is 1. The van der Waals surface area contributed by atoms with Gasteiger partial charge < -0.3 is 20.3 Å². The summed E-state index contributed by atoms with van der Waals surface area (Å²) in [5.41, 5.74) is 11.0. The van der Waals surface area contributed by atoms with Gasteiger partial charge in [-0.2, -0.15) is 0 Å². The lowest BCUT2D eigenvalue weighted by molar-refractivity contribution is -0.0577. The number of nitrogens with two attached hydrogens (primary N) is 1. The summed E-state index contributed by atoms with van der Waals surface area (Å²) in [5.74, 6) is 0.885. The Hall–Kier alpha value is -3.84. The fraction of sp³-hybridized carbons (Fsp3) is 0.444. The molecule has 3 aromatic rings. The molecule has 2 aliphatic heterocycles. The normalized spacial score (nSPS) is 20.7. The Morgan fingerprint density at radius 1 is 0.860 bits per heavy atom. The minimum absolute atomic E-state index is 0.0932. The SMILES string of the molecule is COc1ccc(C(=O)N2CCN(C3CC4(CCN(c5ccc(C(N)=O)cc5)CC4)C3)C(c3ccccc3C(C)C)C2)cc1. The zero-order valence-corrected chi connectivity index (χ0v) is 25.7. The third kappa shape index (κ3) is 5.87. The van der Waals surface area contributed by atoms with Crippen molar-refractivity contribution >= 4 is 17.5 Å². The van der Waals surface area contributed by atoms with Gasteiger partial charge in [-0.3, -0.25) is 14.5 Å². The molecule has 0 bridgehead atoms. The summed E-state index contributed by atoms with van der Waals surface area (Å²) in [4.78, 5) is 32.3. The van der Waals surface area contributed by atoms with E-state index in [2.05, 4.69) is 52.8 Å². The second-order valence-electron chi connectivity index (χ2n) is 13.0. The number of carbonyl (C=O) groups excluding carboxylic acids is 2. The highest BCUT2D eigenvalue weighted by Gasteiger charge is 2.50. The lowest BCUT2D eigenvalue weighted by atomic mass is 9.59. The van der Waals surface area contributed by atoms with Crippen LogP contribution in [-0.2, 0) is 0 Å². The maximum absolute atomic E-state index is 13.6. The molecule has 1 aliphatic carbocycles. The van der Waals surface area contributed by atoms with Gasteiger partial charge >= 0.3 is 0 Å². The van der Waals surface area contributed by atoms with Crippen molar-refractivity contribution in [3.05, 3.63) is 95.1 Å². The second kappa shape index (κ2) is 12.0. The topological polar surface area (TPSA) is 79.1 Å². The molecule has 3 aliphatic rings. The molecule has 1 spiro atoms. The van der Waals surface area contributed by atoms with Crippen molar-refractivity contribution in [3.63, 3.8) is 0 Å². The third-order valence-corrected chi connectivity index (χ3v) is 10.2. The molecule has 226 valence electrons. The summed E-state index contributed by atoms with van der Waals surface area (Å²) in [6.07, 6.45) is 4.80. The van der Waals surface area contributed by atoms with E-state index in [1.807, 2.05) is 48.5 Å². The van der Waals surface area contributed by atoms with Crippen molar-refractivity contribution < 1.29 is 14.3 Å². The number of piperidine rings is 1. The molecule has 2 N–H and O–H groups in total. The largest absolute Gasteiger partial charge is 0.497 e. The first-order valence-corrected chi connectivity index (χ1v) is 15.7. The summed E-state index contributed by atoms with van der Waals surface area (Å²) in [6.45, 7) is 8.92. The van der Waals surface area contributed by atoms with E-state index in [0.29, 0.717) is 35.0 Å². The van der Waals surface area contributed by atoms with Gasteiger partial charge in [0.05, 0.1) is 13.2 Å². The molecular formula is C36H44N4O3. The Morgan fingerprint density at radius 3 is 2.14 bits per heavy atom. The first-order chi connectivity index (χ1) is 20.8. The molecule has 6 rings (SSSR count). The molecule has 1 atom stereocenters. The van der Waals surface area contributed by atoms with Gasteiger partial charge in [0.1, 0.15) is 5.75 Å². The lowest BCUT2D eigenvalue weighted by Crippen LogP contribution is -2.60. The second-order valence-corrected chi connectivity index (χ2v) is 13.0. The Morgan fingerprint density at radius 2 is 1.51 bits per heavy atom. The van der Waals surface area contributed by atoms with Gasteiger partial charge in [0, 0.05) is 55.6 Å². The Balaban J connectivity index is 1.16. The predicted molar refractivity (Wildman–Crippen MR) is 171 cm³/mol. The van der Waals surface area contributed by atoms with Gasteiger partial charge in [-0.1, -0.05) is 38.1 Å². The van der Waals surface area contributed by atoms with Crippen molar-refractivity contribution in [1.29, 1.82) is 0 Å². The number of hydrogen-bond acceptors (Lipinski definition) is 5. The number of anilines is 1. The van der Waals surface area contributed by atoms with Crippen molar-refractivity contribution in [2.45, 2.75) is 57.5 Å². The van der Waals surface area contributed by atoms with Crippen LogP contribution in [0.5, 0.6) is 5.75 Å². The summed E-state index contributed by atoms with van der Waals surface area (Å²) < 4.78 is 5.30. The van der Waals surface area contributed by atoms with E-state index < -0.39 is 0 Å². The van der Waals surface area contributed by atoms with Crippen LogP contribution in [0.3, 0.4) is 0 Å². The maximum atomic E-state index is 13.6. The van der Waals surface area contributed by atoms with Crippen LogP contribution < -0.4 is 15.4 Å². The molecule has 7 nitrogen and oxygen atoms in total. The predicted octanol–water partition coefficient (Wildman–Crippen LogP) is 5.87. The smallest absolute Gasteiger partial charge is 0.253 e. The van der Waals surface area contributed by atoms with Crippen LogP contribution in [0, 0.1) is 5.41 Å². The van der Waals surface area contributed by atoms with Crippen LogP contribution >= 0.6 is 0 Å². The van der Waals surface area contributed by atoms with E-state index in [4.69, 9.17) is 10.5 Å². The average molecular weight is 581 g/mol. The standard InChI is InChI=1S/C36H44N4O3/c1-25(2)31-6-4-5-7-32(31)33-24-39(35(42)27-10-14-30(43-3)15-11-27)20-21-40(33)29-22-36(23-29)16-18-38(19-17-36)28-12-8-26(9-13-28)34(37)41/h4-15,25,29,33H,16-24H2,1-3H3,(H2,37,41). The molecule has 2 heterocycles. The van der Waals surface area contributed by atoms with E-state index in [0.717, 1.165) is 31.9 Å². The van der Waals surface area contributed by atoms with Crippen molar-refractivity contribution in [1.82, 2.24) is 9.80 Å². The molecule has 2 saturated heterocycles. The van der Waals surface area contributed by atoms with Gasteiger partial charge in [-0.25, -0.2) is 0 Å². The number of hydrogen-bond donors (Lipinski definition) is 1. The lowest BCUT2D eigenvalue weighted by Gasteiger charge is -2.58. The van der Waals surface area contributed by atoms with Crippen LogP contribution in [0.25, 0.3) is 0 Å². The molecule has 3 fully saturated rings. The first kappa shape index (κ1) is 29.2. The molecule has 0 radical (unpaired) electrons. The number of benzene rings is 3. The fourth-order valence-electron chi connectivity index (χ4n) is 7.61. The van der Waals surface area contributed by atoms with Crippen LogP contribution in [0.1, 0.15) is 83.3 Å². The monoisotopic (exact) mass is 580 g/mol. The van der Waals surface area contributed by atoms with Gasteiger partial charge in [0.25, 0.3) is 5.91 Å². The van der Waals surface area contributed by atoms with Crippen LogP contribution in [0.4, 0.5) is 5.69 Å². The Kier molecular flexibility index (Phi) is 8.19. The van der Waals surface area contributed by atoms with Crippen LogP contribution in [0.15, 0.2) is 72.8 Å². The third-order valence-electron chi connectivity index (χ3n) is 10.2. The van der Waals surface area contributed by atoms with Crippen molar-refractivity contribution in [2.24, 2.45) is 11.1 Å². The summed E-state index contributed by atoms with van der Waals surface area (Å²) in [5, 5.41) is 0. The highest BCUT2D eigenvalue weighted by atomic mass is 16.5. The van der Waals surface area contributed by atoms with Crippen LogP contribution in [0.2, 0.25) is 0 Å². The van der Waals surface area contributed by atoms with E-state index in [1.165, 1.54) is 42.5 Å². The average Bonchev–Trinajstić information content (AvgIpc) is 3.03. The maximum Gasteiger partial charge on any atom is 0.253 e. The van der Waals surface area contributed by atoms with E-state index >= 15 is 0 Å². The first-order valence-electron chi connectivity index (χ1n) is 15.7. The zero-order valence-electron chi connectivity index (χ0n) is 25.7. The van der Waals surface area contributed by atoms with Gasteiger partial charge in [0.2, 0.25) is 5.91 Å². The van der Waals surface area contributed by atoms with Gasteiger partial charge in [-0.15, -0.1) is 0 Å². The molecule has 1 unspecified atom stereocenters. The number of nitrogens with zero attached hydrogens (tertiary/aromatic N) is 3. The van der Waals surface area contributed by atoms with E-state index in [9.17, 15) is 9.59 Å². The van der Waals surface area contributed by atoms with Gasteiger partial charge in [-0.05, 0) is 96.7 Å². The summed E-state index contributed by atoms with van der Waals surface area (Å²) >= 11 is 0. The van der Waals surface area contributed by atoms with Crippen LogP contribution in [-0.4, -0.2) is 67.5 Å². The highest BCUT2D eigenvalue weighted by molar-refractivity contribution is 5.94. The number of amides is 2. The number of rotatable bonds is 7. The molecule has 7 heteroatoms. The molecule has 43 heavy (non-hydrogen) atoms. The fourth-order valence-corrected chi connectivity index (χ4v) is 7.61. The number of ether oxygens (including phenoxy) is 1. The molecule has 1 saturated carbocycles. The molecule has 2 amide bonds. The summed E-state index contributed by atoms with van der Waals surface area (Å²) in [7, 11) is 1.64. The Bertz CT molecular complexity index is 1440. The minimum Gasteiger partial charge on any atom is -0.497 e. The number of piperazine rings is 1. The molecule has 0 aromatic heterocycles.